The molecule has 0 N–H and O–H groups in total. The number of halogens is 2. The highest BCUT2D eigenvalue weighted by atomic mass is 79.9. The molecule has 9 heteroatoms. The molecule has 1 amide bonds. The molecule has 1 atom stereocenters. The first kappa shape index (κ1) is 20.5. The van der Waals surface area contributed by atoms with Gasteiger partial charge in [0.2, 0.25) is 0 Å². The Labute approximate surface area is 183 Å². The van der Waals surface area contributed by atoms with Gasteiger partial charge in [0, 0.05) is 48.6 Å². The van der Waals surface area contributed by atoms with Gasteiger partial charge in [-0.15, -0.1) is 0 Å². The number of ether oxygens (including phenoxy) is 2. The van der Waals surface area contributed by atoms with Gasteiger partial charge in [0.05, 0.1) is 23.1 Å². The number of nitrogens with zero attached hydrogens (tertiary/aromatic N) is 4. The average Bonchev–Trinajstić information content (AvgIpc) is 3.10. The number of fused-ring (bicyclic) bond motifs is 2. The minimum absolute atomic E-state index is 0.0640. The maximum Gasteiger partial charge on any atom is 0.410 e. The number of imidazole rings is 1. The van der Waals surface area contributed by atoms with E-state index in [1.54, 1.807) is 17.4 Å². The lowest BCUT2D eigenvalue weighted by Gasteiger charge is -2.40. The van der Waals surface area contributed by atoms with Crippen LogP contribution in [0, 0.1) is 0 Å². The molecule has 0 bridgehead atoms. The SMILES string of the molecule is CC(C)(C)OC(=O)N1CCN2Cc3c(-n4ccnc4)cc(Br)c(Cl)c3OC[C@H]2C1. The lowest BCUT2D eigenvalue weighted by molar-refractivity contribution is -0.00154. The third kappa shape index (κ3) is 4.25. The van der Waals surface area contributed by atoms with Crippen LogP contribution in [0.4, 0.5) is 4.79 Å². The van der Waals surface area contributed by atoms with Crippen molar-refractivity contribution in [2.45, 2.75) is 39.0 Å². The van der Waals surface area contributed by atoms with E-state index in [9.17, 15) is 4.79 Å². The molecule has 29 heavy (non-hydrogen) atoms. The van der Waals surface area contributed by atoms with Gasteiger partial charge in [-0.3, -0.25) is 4.90 Å². The van der Waals surface area contributed by atoms with Gasteiger partial charge in [-0.25, -0.2) is 9.78 Å². The number of aromatic nitrogens is 2. The van der Waals surface area contributed by atoms with Crippen LogP contribution < -0.4 is 4.74 Å². The minimum Gasteiger partial charge on any atom is -0.490 e. The summed E-state index contributed by atoms with van der Waals surface area (Å²) < 4.78 is 14.5. The second kappa shape index (κ2) is 7.81. The monoisotopic (exact) mass is 482 g/mol. The second-order valence-corrected chi connectivity index (χ2v) is 9.56. The van der Waals surface area contributed by atoms with E-state index in [0.29, 0.717) is 37.0 Å². The Morgan fingerprint density at radius 2 is 2.17 bits per heavy atom. The van der Waals surface area contributed by atoms with E-state index in [0.717, 1.165) is 22.3 Å². The van der Waals surface area contributed by atoms with Crippen molar-refractivity contribution in [1.82, 2.24) is 19.4 Å². The topological polar surface area (TPSA) is 59.8 Å². The quantitative estimate of drug-likeness (QED) is 0.611. The van der Waals surface area contributed by atoms with Crippen LogP contribution in [0.15, 0.2) is 29.3 Å². The first-order valence-electron chi connectivity index (χ1n) is 9.57. The molecule has 1 saturated heterocycles. The molecule has 1 aromatic carbocycles. The number of piperazine rings is 1. The van der Waals surface area contributed by atoms with Crippen molar-refractivity contribution < 1.29 is 14.3 Å². The van der Waals surface area contributed by atoms with E-state index in [1.807, 2.05) is 37.6 Å². The van der Waals surface area contributed by atoms with E-state index in [-0.39, 0.29) is 12.1 Å². The number of rotatable bonds is 1. The van der Waals surface area contributed by atoms with Crippen molar-refractivity contribution in [2.75, 3.05) is 26.2 Å². The molecule has 156 valence electrons. The summed E-state index contributed by atoms with van der Waals surface area (Å²) in [6.07, 6.45) is 5.13. The largest absolute Gasteiger partial charge is 0.490 e. The van der Waals surface area contributed by atoms with Crippen molar-refractivity contribution in [3.05, 3.63) is 39.8 Å². The number of carbonyl (C=O) groups is 1. The molecule has 0 radical (unpaired) electrons. The first-order chi connectivity index (χ1) is 13.7. The van der Waals surface area contributed by atoms with E-state index in [4.69, 9.17) is 21.1 Å². The molecule has 0 saturated carbocycles. The lowest BCUT2D eigenvalue weighted by Crippen LogP contribution is -2.56. The highest BCUT2D eigenvalue weighted by molar-refractivity contribution is 9.10. The van der Waals surface area contributed by atoms with Gasteiger partial charge in [0.15, 0.2) is 0 Å². The molecule has 0 spiro atoms. The van der Waals surface area contributed by atoms with Crippen LogP contribution in [0.5, 0.6) is 5.75 Å². The summed E-state index contributed by atoms with van der Waals surface area (Å²) in [6, 6.07) is 2.05. The van der Waals surface area contributed by atoms with E-state index in [1.165, 1.54) is 0 Å². The van der Waals surface area contributed by atoms with Crippen LogP contribution in [0.3, 0.4) is 0 Å². The zero-order valence-corrected chi connectivity index (χ0v) is 19.0. The summed E-state index contributed by atoms with van der Waals surface area (Å²) in [4.78, 5) is 20.8. The average molecular weight is 484 g/mol. The highest BCUT2D eigenvalue weighted by Crippen LogP contribution is 2.41. The molecule has 1 aromatic heterocycles. The van der Waals surface area contributed by atoms with Gasteiger partial charge in [0.25, 0.3) is 0 Å². The van der Waals surface area contributed by atoms with Crippen LogP contribution in [0.2, 0.25) is 5.02 Å². The Morgan fingerprint density at radius 3 is 2.86 bits per heavy atom. The second-order valence-electron chi connectivity index (χ2n) is 8.33. The Kier molecular flexibility index (Phi) is 5.52. The molecule has 0 unspecified atom stereocenters. The van der Waals surface area contributed by atoms with Crippen LogP contribution in [-0.4, -0.2) is 63.3 Å². The maximum absolute atomic E-state index is 12.5. The number of amides is 1. The molecule has 7 nitrogen and oxygen atoms in total. The van der Waals surface area contributed by atoms with Gasteiger partial charge >= 0.3 is 6.09 Å². The summed E-state index contributed by atoms with van der Waals surface area (Å²) in [7, 11) is 0. The third-order valence-corrected chi connectivity index (χ3v) is 6.30. The molecule has 2 aliphatic rings. The van der Waals surface area contributed by atoms with Crippen molar-refractivity contribution >= 4 is 33.6 Å². The Morgan fingerprint density at radius 1 is 1.38 bits per heavy atom. The molecule has 2 aliphatic heterocycles. The summed E-state index contributed by atoms with van der Waals surface area (Å²) in [5.41, 5.74) is 1.48. The molecule has 2 aromatic rings. The molecule has 1 fully saturated rings. The Hall–Kier alpha value is -1.77. The van der Waals surface area contributed by atoms with Crippen LogP contribution >= 0.6 is 27.5 Å². The summed E-state index contributed by atoms with van der Waals surface area (Å²) >= 11 is 10.1. The van der Waals surface area contributed by atoms with Crippen molar-refractivity contribution in [2.24, 2.45) is 0 Å². The minimum atomic E-state index is -0.510. The third-order valence-electron chi connectivity index (χ3n) is 5.08. The van der Waals surface area contributed by atoms with Crippen LogP contribution in [-0.2, 0) is 11.3 Å². The van der Waals surface area contributed by atoms with Crippen molar-refractivity contribution in [1.29, 1.82) is 0 Å². The Balaban J connectivity index is 1.60. The predicted octanol–water partition coefficient (Wildman–Crippen LogP) is 4.10. The molecular weight excluding hydrogens is 460 g/mol. The zero-order valence-electron chi connectivity index (χ0n) is 16.7. The van der Waals surface area contributed by atoms with Crippen molar-refractivity contribution in [3.63, 3.8) is 0 Å². The van der Waals surface area contributed by atoms with Gasteiger partial charge in [-0.05, 0) is 42.8 Å². The maximum atomic E-state index is 12.5. The number of carbonyl (C=O) groups excluding carboxylic acids is 1. The normalized spacial score (nSPS) is 19.8. The smallest absolute Gasteiger partial charge is 0.410 e. The van der Waals surface area contributed by atoms with Crippen LogP contribution in [0.25, 0.3) is 5.69 Å². The molecule has 0 aliphatic carbocycles. The fraction of sp³-hybridized carbons (Fsp3) is 0.500. The highest BCUT2D eigenvalue weighted by Gasteiger charge is 2.36. The fourth-order valence-electron chi connectivity index (χ4n) is 3.70. The van der Waals surface area contributed by atoms with Crippen LogP contribution in [0.1, 0.15) is 26.3 Å². The summed E-state index contributed by atoms with van der Waals surface area (Å²) in [6.45, 7) is 8.68. The summed E-state index contributed by atoms with van der Waals surface area (Å²) in [5.74, 6) is 0.683. The summed E-state index contributed by atoms with van der Waals surface area (Å²) in [5, 5.41) is 0.563. The van der Waals surface area contributed by atoms with E-state index < -0.39 is 5.60 Å². The molecule has 3 heterocycles. The van der Waals surface area contributed by atoms with E-state index >= 15 is 0 Å². The number of hydrogen-bond acceptors (Lipinski definition) is 5. The first-order valence-corrected chi connectivity index (χ1v) is 10.7. The molecular formula is C20H24BrClN4O3. The van der Waals surface area contributed by atoms with Gasteiger partial charge < -0.3 is 18.9 Å². The number of hydrogen-bond donors (Lipinski definition) is 0. The van der Waals surface area contributed by atoms with Gasteiger partial charge in [-0.1, -0.05) is 11.6 Å². The molecule has 4 rings (SSSR count). The Bertz CT molecular complexity index is 913. The van der Waals surface area contributed by atoms with Gasteiger partial charge in [0.1, 0.15) is 18.0 Å². The standard InChI is InChI=1S/C20H24BrClN4O3/c1-20(2,3)29-19(27)25-7-6-24-10-14-16(26-5-4-23-12-26)8-15(21)17(22)18(14)28-11-13(24)9-25/h4-5,8,12-13H,6-7,9-11H2,1-3H3/t13-/m1/s1. The number of benzene rings is 1. The fourth-order valence-corrected chi connectivity index (χ4v) is 4.32. The van der Waals surface area contributed by atoms with Crippen molar-refractivity contribution in [3.8, 4) is 11.4 Å². The van der Waals surface area contributed by atoms with Gasteiger partial charge in [-0.2, -0.15) is 0 Å². The zero-order chi connectivity index (χ0) is 20.8. The van der Waals surface area contributed by atoms with E-state index in [2.05, 4.69) is 25.8 Å². The predicted molar refractivity (Wildman–Crippen MR) is 114 cm³/mol. The lowest BCUT2D eigenvalue weighted by atomic mass is 10.1.